The Bertz CT molecular complexity index is 701. The number of likely N-dealkylation sites (tertiary alicyclic amines) is 1. The monoisotopic (exact) mass is 353 g/mol. The molecule has 0 radical (unpaired) electrons. The van der Waals surface area contributed by atoms with Gasteiger partial charge in [0, 0.05) is 25.0 Å². The molecule has 1 aromatic rings. The quantitative estimate of drug-likeness (QED) is 0.835. The lowest BCUT2D eigenvalue weighted by atomic mass is 10.1. The summed E-state index contributed by atoms with van der Waals surface area (Å²) in [5, 5.41) is 5.33. The van der Waals surface area contributed by atoms with E-state index in [1.165, 1.54) is 0 Å². The first kappa shape index (κ1) is 18.3. The zero-order chi connectivity index (χ0) is 17.7. The number of anilines is 1. The molecule has 0 saturated carbocycles. The molecule has 0 spiro atoms. The number of rotatable bonds is 5. The minimum atomic E-state index is -3.08. The van der Waals surface area contributed by atoms with Crippen molar-refractivity contribution in [2.45, 2.75) is 31.6 Å². The van der Waals surface area contributed by atoms with Crippen molar-refractivity contribution in [3.8, 4) is 0 Å². The Kier molecular flexibility index (Phi) is 5.82. The predicted octanol–water partition coefficient (Wildman–Crippen LogP) is 1.36. The van der Waals surface area contributed by atoms with Crippen molar-refractivity contribution in [2.24, 2.45) is 0 Å². The molecule has 0 bridgehead atoms. The Balaban J connectivity index is 1.91. The lowest BCUT2D eigenvalue weighted by Gasteiger charge is -2.29. The number of hydrogen-bond acceptors (Lipinski definition) is 4. The lowest BCUT2D eigenvalue weighted by molar-refractivity contribution is -0.134. The van der Waals surface area contributed by atoms with Crippen molar-refractivity contribution in [3.05, 3.63) is 29.8 Å². The van der Waals surface area contributed by atoms with Gasteiger partial charge in [-0.05, 0) is 30.5 Å². The van der Waals surface area contributed by atoms with Crippen molar-refractivity contribution in [1.29, 1.82) is 0 Å². The number of benzene rings is 1. The molecule has 3 amide bonds. The third-order valence-corrected chi connectivity index (χ3v) is 5.66. The van der Waals surface area contributed by atoms with Crippen LogP contribution in [0.4, 0.5) is 10.5 Å². The van der Waals surface area contributed by atoms with E-state index in [2.05, 4.69) is 10.6 Å². The van der Waals surface area contributed by atoms with Gasteiger partial charge < -0.3 is 15.5 Å². The topological polar surface area (TPSA) is 95.6 Å². The van der Waals surface area contributed by atoms with Crippen LogP contribution in [-0.4, -0.2) is 50.6 Å². The molecule has 1 fully saturated rings. The summed E-state index contributed by atoms with van der Waals surface area (Å²) in [5.41, 5.74) is 1.22. The van der Waals surface area contributed by atoms with E-state index >= 15 is 0 Å². The first-order valence-electron chi connectivity index (χ1n) is 7.92. The Labute approximate surface area is 142 Å². The summed E-state index contributed by atoms with van der Waals surface area (Å²) in [4.78, 5) is 25.6. The van der Waals surface area contributed by atoms with E-state index < -0.39 is 21.9 Å². The smallest absolute Gasteiger partial charge is 0.319 e. The number of hydrogen-bond donors (Lipinski definition) is 2. The summed E-state index contributed by atoms with van der Waals surface area (Å²) >= 11 is 0. The van der Waals surface area contributed by atoms with Gasteiger partial charge >= 0.3 is 6.03 Å². The molecule has 1 saturated heterocycles. The van der Waals surface area contributed by atoms with Gasteiger partial charge in [0.2, 0.25) is 5.91 Å². The molecule has 132 valence electrons. The minimum absolute atomic E-state index is 0.0150. The van der Waals surface area contributed by atoms with E-state index in [-0.39, 0.29) is 17.4 Å². The molecule has 0 aromatic heterocycles. The van der Waals surface area contributed by atoms with Gasteiger partial charge in [-0.1, -0.05) is 19.1 Å². The first-order chi connectivity index (χ1) is 11.3. The van der Waals surface area contributed by atoms with Crippen molar-refractivity contribution in [3.63, 3.8) is 0 Å². The highest BCUT2D eigenvalue weighted by atomic mass is 32.2. The second-order valence-electron chi connectivity index (χ2n) is 5.93. The van der Waals surface area contributed by atoms with Crippen molar-refractivity contribution in [2.75, 3.05) is 24.7 Å². The number of carbonyl (C=O) groups is 2. The maximum atomic E-state index is 12.0. The molecule has 24 heavy (non-hydrogen) atoms. The molecule has 0 aliphatic carbocycles. The molecule has 2 N–H and O–H groups in total. The maximum absolute atomic E-state index is 12.0. The molecular weight excluding hydrogens is 330 g/mol. The van der Waals surface area contributed by atoms with E-state index in [1.807, 2.05) is 0 Å². The van der Waals surface area contributed by atoms with Gasteiger partial charge in [-0.3, -0.25) is 4.79 Å². The van der Waals surface area contributed by atoms with E-state index in [0.717, 1.165) is 6.42 Å². The molecule has 8 heteroatoms. The third-order valence-electron chi connectivity index (χ3n) is 4.00. The van der Waals surface area contributed by atoms with Crippen LogP contribution in [0.5, 0.6) is 0 Å². The van der Waals surface area contributed by atoms with Gasteiger partial charge in [-0.25, -0.2) is 13.2 Å². The molecule has 1 aromatic carbocycles. The Hall–Kier alpha value is -2.09. The Morgan fingerprint density at radius 2 is 1.96 bits per heavy atom. The van der Waals surface area contributed by atoms with E-state index in [4.69, 9.17) is 0 Å². The number of carbonyl (C=O) groups excluding carboxylic acids is 2. The average Bonchev–Trinajstić information content (AvgIpc) is 2.53. The summed E-state index contributed by atoms with van der Waals surface area (Å²) in [6.07, 6.45) is 1.48. The van der Waals surface area contributed by atoms with Crippen LogP contribution in [0.1, 0.15) is 25.3 Å². The van der Waals surface area contributed by atoms with Crippen LogP contribution in [0.25, 0.3) is 0 Å². The number of urea groups is 1. The Morgan fingerprint density at radius 3 is 2.58 bits per heavy atom. The van der Waals surface area contributed by atoms with Crippen molar-refractivity contribution in [1.82, 2.24) is 10.2 Å². The van der Waals surface area contributed by atoms with Gasteiger partial charge in [0.05, 0.1) is 5.75 Å². The van der Waals surface area contributed by atoms with Crippen molar-refractivity contribution < 1.29 is 18.0 Å². The fraction of sp³-hybridized carbons (Fsp3) is 0.500. The molecule has 7 nitrogen and oxygen atoms in total. The molecule has 1 heterocycles. The second-order valence-corrected chi connectivity index (χ2v) is 8.28. The van der Waals surface area contributed by atoms with Gasteiger partial charge in [0.25, 0.3) is 0 Å². The van der Waals surface area contributed by atoms with Crippen LogP contribution < -0.4 is 10.6 Å². The third kappa shape index (κ3) is 4.95. The highest BCUT2D eigenvalue weighted by Crippen LogP contribution is 2.13. The maximum Gasteiger partial charge on any atom is 0.319 e. The van der Waals surface area contributed by atoms with Crippen LogP contribution in [0.3, 0.4) is 0 Å². The SMILES string of the molecule is CCS(=O)(=O)Cc1ccc(NC(=O)NC2CCCN(C)C2=O)cc1. The van der Waals surface area contributed by atoms with Gasteiger partial charge in [0.15, 0.2) is 9.84 Å². The molecule has 1 aliphatic rings. The predicted molar refractivity (Wildman–Crippen MR) is 92.4 cm³/mol. The molecule has 1 aliphatic heterocycles. The molecular formula is C16H23N3O4S. The first-order valence-corrected chi connectivity index (χ1v) is 9.74. The average molecular weight is 353 g/mol. The number of piperidine rings is 1. The molecule has 2 rings (SSSR count). The van der Waals surface area contributed by atoms with Crippen LogP contribution in [-0.2, 0) is 20.4 Å². The summed E-state index contributed by atoms with van der Waals surface area (Å²) in [5.74, 6) is -0.00505. The highest BCUT2D eigenvalue weighted by molar-refractivity contribution is 7.90. The van der Waals surface area contributed by atoms with Gasteiger partial charge in [-0.15, -0.1) is 0 Å². The van der Waals surface area contributed by atoms with Gasteiger partial charge in [-0.2, -0.15) is 0 Å². The van der Waals surface area contributed by atoms with E-state index in [1.54, 1.807) is 43.1 Å². The number of likely N-dealkylation sites (N-methyl/N-ethyl adjacent to an activating group) is 1. The standard InChI is InChI=1S/C16H23N3O4S/c1-3-24(22,23)11-12-6-8-13(9-7-12)17-16(21)18-14-5-4-10-19(2)15(14)20/h6-9,14H,3-5,10-11H2,1-2H3,(H2,17,18,21). The fourth-order valence-electron chi connectivity index (χ4n) is 2.53. The lowest BCUT2D eigenvalue weighted by Crippen LogP contribution is -2.51. The number of amides is 3. The molecule has 1 unspecified atom stereocenters. The fourth-order valence-corrected chi connectivity index (χ4v) is 3.44. The number of nitrogens with one attached hydrogen (secondary N) is 2. The highest BCUT2D eigenvalue weighted by Gasteiger charge is 2.27. The zero-order valence-electron chi connectivity index (χ0n) is 13.9. The van der Waals surface area contributed by atoms with E-state index in [0.29, 0.717) is 24.2 Å². The van der Waals surface area contributed by atoms with Crippen LogP contribution in [0.2, 0.25) is 0 Å². The largest absolute Gasteiger partial charge is 0.344 e. The summed E-state index contributed by atoms with van der Waals surface area (Å²) in [6, 6.07) is 5.68. The number of sulfone groups is 1. The van der Waals surface area contributed by atoms with Gasteiger partial charge in [0.1, 0.15) is 6.04 Å². The van der Waals surface area contributed by atoms with Crippen LogP contribution in [0, 0.1) is 0 Å². The van der Waals surface area contributed by atoms with Crippen LogP contribution in [0.15, 0.2) is 24.3 Å². The van der Waals surface area contributed by atoms with Crippen molar-refractivity contribution >= 4 is 27.5 Å². The Morgan fingerprint density at radius 1 is 1.29 bits per heavy atom. The summed E-state index contributed by atoms with van der Waals surface area (Å²) < 4.78 is 23.2. The second kappa shape index (κ2) is 7.65. The minimum Gasteiger partial charge on any atom is -0.344 e. The number of nitrogens with zero attached hydrogens (tertiary/aromatic N) is 1. The summed E-state index contributed by atoms with van der Waals surface area (Å²) in [7, 11) is -1.36. The van der Waals surface area contributed by atoms with E-state index in [9.17, 15) is 18.0 Å². The summed E-state index contributed by atoms with van der Waals surface area (Å²) in [6.45, 7) is 2.32. The zero-order valence-corrected chi connectivity index (χ0v) is 14.7. The van der Waals surface area contributed by atoms with Crippen LogP contribution >= 0.6 is 0 Å². The molecule has 1 atom stereocenters. The normalized spacial score (nSPS) is 18.3.